The molecule has 2 N–H and O–H groups in total. The third-order valence-corrected chi connectivity index (χ3v) is 7.28. The monoisotopic (exact) mass is 438 g/mol. The van der Waals surface area contributed by atoms with Crippen molar-refractivity contribution in [2.75, 3.05) is 7.11 Å². The Balaban J connectivity index is 1.59. The number of sulfonamides is 1. The van der Waals surface area contributed by atoms with Crippen molar-refractivity contribution in [3.8, 4) is 11.5 Å². The lowest BCUT2D eigenvalue weighted by molar-refractivity contribution is 0.363. The number of hydrogen-bond donors (Lipinski definition) is 2. The van der Waals surface area contributed by atoms with Crippen LogP contribution < -0.4 is 9.46 Å². The maximum absolute atomic E-state index is 13.3. The van der Waals surface area contributed by atoms with E-state index in [9.17, 15) is 13.5 Å². The Morgan fingerprint density at radius 3 is 2.61 bits per heavy atom. The summed E-state index contributed by atoms with van der Waals surface area (Å²) >= 11 is 0. The van der Waals surface area contributed by atoms with Crippen molar-refractivity contribution in [2.45, 2.75) is 42.7 Å². The molecule has 31 heavy (non-hydrogen) atoms. The SMILES string of the molecule is COc1cccc(C=N[C@@H]2CCCC[C@H]2NS(=O)(=O)c2cccc3ccccc23)c1O. The molecule has 0 bridgehead atoms. The normalized spacial score (nSPS) is 19.6. The highest BCUT2D eigenvalue weighted by atomic mass is 32.2. The summed E-state index contributed by atoms with van der Waals surface area (Å²) in [5, 5.41) is 11.9. The number of fused-ring (bicyclic) bond motifs is 1. The second-order valence-corrected chi connectivity index (χ2v) is 9.42. The van der Waals surface area contributed by atoms with Crippen molar-refractivity contribution in [3.05, 3.63) is 66.2 Å². The Kier molecular flexibility index (Phi) is 6.25. The molecule has 162 valence electrons. The van der Waals surface area contributed by atoms with Crippen LogP contribution in [-0.2, 0) is 10.0 Å². The quantitative estimate of drug-likeness (QED) is 0.563. The fourth-order valence-corrected chi connectivity index (χ4v) is 5.64. The smallest absolute Gasteiger partial charge is 0.241 e. The van der Waals surface area contributed by atoms with Crippen molar-refractivity contribution < 1.29 is 18.3 Å². The average Bonchev–Trinajstić information content (AvgIpc) is 2.78. The van der Waals surface area contributed by atoms with Crippen molar-refractivity contribution in [1.82, 2.24) is 4.72 Å². The van der Waals surface area contributed by atoms with Crippen LogP contribution in [0.3, 0.4) is 0 Å². The number of aromatic hydroxyl groups is 1. The van der Waals surface area contributed by atoms with Crippen LogP contribution in [-0.4, -0.2) is 38.9 Å². The molecule has 7 heteroatoms. The zero-order valence-corrected chi connectivity index (χ0v) is 18.2. The predicted molar refractivity (Wildman–Crippen MR) is 123 cm³/mol. The minimum Gasteiger partial charge on any atom is -0.504 e. The Bertz CT molecular complexity index is 1200. The summed E-state index contributed by atoms with van der Waals surface area (Å²) < 4.78 is 34.5. The zero-order chi connectivity index (χ0) is 21.8. The van der Waals surface area contributed by atoms with E-state index in [4.69, 9.17) is 4.74 Å². The van der Waals surface area contributed by atoms with Crippen LogP contribution in [0.2, 0.25) is 0 Å². The number of methoxy groups -OCH3 is 1. The van der Waals surface area contributed by atoms with Crippen LogP contribution in [0.5, 0.6) is 11.5 Å². The molecular formula is C24H26N2O4S. The van der Waals surface area contributed by atoms with Gasteiger partial charge in [0.1, 0.15) is 0 Å². The first-order valence-electron chi connectivity index (χ1n) is 10.4. The highest BCUT2D eigenvalue weighted by Crippen LogP contribution is 2.29. The number of rotatable bonds is 6. The minimum absolute atomic E-state index is 0.0254. The fourth-order valence-electron chi connectivity index (χ4n) is 4.10. The summed E-state index contributed by atoms with van der Waals surface area (Å²) in [4.78, 5) is 4.93. The third-order valence-electron chi connectivity index (χ3n) is 5.73. The standard InChI is InChI=1S/C24H26N2O4S/c1-30-22-14-6-10-18(24(22)27)16-25-20-12-4-5-13-21(20)26-31(28,29)23-15-7-9-17-8-2-3-11-19(17)23/h2-3,6-11,14-16,20-21,26-27H,4-5,12-13H2,1H3/t20-,21-/m1/s1. The van der Waals surface area contributed by atoms with Crippen LogP contribution in [0.15, 0.2) is 70.6 Å². The molecule has 0 heterocycles. The van der Waals surface area contributed by atoms with Gasteiger partial charge < -0.3 is 9.84 Å². The summed E-state index contributed by atoms with van der Waals surface area (Å²) in [6.45, 7) is 0. The minimum atomic E-state index is -3.71. The highest BCUT2D eigenvalue weighted by Gasteiger charge is 2.29. The summed E-state index contributed by atoms with van der Waals surface area (Å²) in [6.07, 6.45) is 5.03. The van der Waals surface area contributed by atoms with Gasteiger partial charge in [0.05, 0.1) is 18.0 Å². The molecule has 0 radical (unpaired) electrons. The average molecular weight is 439 g/mol. The summed E-state index contributed by atoms with van der Waals surface area (Å²) in [5.74, 6) is 0.401. The molecule has 1 aliphatic carbocycles. The summed E-state index contributed by atoms with van der Waals surface area (Å²) in [5.41, 5.74) is 0.542. The van der Waals surface area contributed by atoms with Crippen LogP contribution in [0.1, 0.15) is 31.2 Å². The van der Waals surface area contributed by atoms with E-state index in [1.54, 1.807) is 36.5 Å². The van der Waals surface area contributed by atoms with Gasteiger partial charge in [-0.15, -0.1) is 0 Å². The number of ether oxygens (including phenoxy) is 1. The number of nitrogens with one attached hydrogen (secondary N) is 1. The van der Waals surface area contributed by atoms with Crippen molar-refractivity contribution in [2.24, 2.45) is 4.99 Å². The molecule has 0 spiro atoms. The first-order valence-corrected chi connectivity index (χ1v) is 11.9. The Morgan fingerprint density at radius 2 is 1.77 bits per heavy atom. The third kappa shape index (κ3) is 4.57. The maximum Gasteiger partial charge on any atom is 0.241 e. The molecule has 1 fully saturated rings. The molecule has 6 nitrogen and oxygen atoms in total. The Hall–Kier alpha value is -2.90. The second kappa shape index (κ2) is 9.08. The van der Waals surface area contributed by atoms with Crippen LogP contribution in [0.4, 0.5) is 0 Å². The van der Waals surface area contributed by atoms with Crippen LogP contribution >= 0.6 is 0 Å². The van der Waals surface area contributed by atoms with E-state index >= 15 is 0 Å². The van der Waals surface area contributed by atoms with Gasteiger partial charge in [-0.25, -0.2) is 13.1 Å². The lowest BCUT2D eigenvalue weighted by Gasteiger charge is -2.29. The summed E-state index contributed by atoms with van der Waals surface area (Å²) in [7, 11) is -2.22. The highest BCUT2D eigenvalue weighted by molar-refractivity contribution is 7.89. The van der Waals surface area contributed by atoms with Crippen molar-refractivity contribution >= 4 is 27.0 Å². The molecular weight excluding hydrogens is 412 g/mol. The number of aliphatic imine (C=N–C) groups is 1. The van der Waals surface area contributed by atoms with E-state index < -0.39 is 10.0 Å². The van der Waals surface area contributed by atoms with Gasteiger partial charge >= 0.3 is 0 Å². The summed E-state index contributed by atoms with van der Waals surface area (Å²) in [6, 6.07) is 17.5. The molecule has 3 aromatic carbocycles. The molecule has 2 atom stereocenters. The molecule has 0 amide bonds. The van der Waals surface area contributed by atoms with Crippen LogP contribution in [0.25, 0.3) is 10.8 Å². The number of para-hydroxylation sites is 1. The van der Waals surface area contributed by atoms with Gasteiger partial charge in [0.15, 0.2) is 11.5 Å². The van der Waals surface area contributed by atoms with Gasteiger partial charge in [-0.05, 0) is 36.4 Å². The Morgan fingerprint density at radius 1 is 1.03 bits per heavy atom. The molecule has 0 saturated heterocycles. The fraction of sp³-hybridized carbons (Fsp3) is 0.292. The lowest BCUT2D eigenvalue weighted by atomic mass is 9.91. The van der Waals surface area contributed by atoms with E-state index in [-0.39, 0.29) is 22.7 Å². The number of benzene rings is 3. The number of nitrogens with zero attached hydrogens (tertiary/aromatic N) is 1. The zero-order valence-electron chi connectivity index (χ0n) is 17.4. The van der Waals surface area contributed by atoms with Gasteiger partial charge in [-0.2, -0.15) is 0 Å². The Labute approximate surface area is 182 Å². The van der Waals surface area contributed by atoms with E-state index in [0.29, 0.717) is 16.7 Å². The van der Waals surface area contributed by atoms with E-state index in [2.05, 4.69) is 9.71 Å². The predicted octanol–water partition coefficient (Wildman–Crippen LogP) is 4.26. The van der Waals surface area contributed by atoms with Gasteiger partial charge in [0.2, 0.25) is 10.0 Å². The first kappa shape index (κ1) is 21.3. The molecule has 0 aliphatic heterocycles. The first-order chi connectivity index (χ1) is 15.0. The second-order valence-electron chi connectivity index (χ2n) is 7.73. The molecule has 1 aliphatic rings. The topological polar surface area (TPSA) is 88.0 Å². The molecule has 3 aromatic rings. The maximum atomic E-state index is 13.3. The molecule has 0 aromatic heterocycles. The van der Waals surface area contributed by atoms with Crippen molar-refractivity contribution in [1.29, 1.82) is 0 Å². The number of phenols is 1. The van der Waals surface area contributed by atoms with Gasteiger partial charge in [0.25, 0.3) is 0 Å². The van der Waals surface area contributed by atoms with E-state index in [1.807, 2.05) is 30.3 Å². The van der Waals surface area contributed by atoms with Crippen LogP contribution in [0, 0.1) is 0 Å². The number of hydrogen-bond acceptors (Lipinski definition) is 5. The lowest BCUT2D eigenvalue weighted by Crippen LogP contribution is -2.44. The number of phenolic OH excluding ortho intramolecular Hbond substituents is 1. The van der Waals surface area contributed by atoms with Gasteiger partial charge in [0, 0.05) is 23.2 Å². The van der Waals surface area contributed by atoms with E-state index in [1.165, 1.54) is 7.11 Å². The van der Waals surface area contributed by atoms with Gasteiger partial charge in [-0.1, -0.05) is 55.3 Å². The largest absolute Gasteiger partial charge is 0.504 e. The van der Waals surface area contributed by atoms with Crippen molar-refractivity contribution in [3.63, 3.8) is 0 Å². The van der Waals surface area contributed by atoms with Gasteiger partial charge in [-0.3, -0.25) is 4.99 Å². The molecule has 4 rings (SSSR count). The molecule has 1 saturated carbocycles. The van der Waals surface area contributed by atoms with E-state index in [0.717, 1.165) is 31.1 Å². The molecule has 0 unspecified atom stereocenters.